The van der Waals surface area contributed by atoms with Gasteiger partial charge in [0.1, 0.15) is 0 Å². The number of hydrogen-bond donors (Lipinski definition) is 0. The molecule has 0 heterocycles. The van der Waals surface area contributed by atoms with Crippen LogP contribution >= 0.6 is 0 Å². The Bertz CT molecular complexity index is 219. The number of carbonyl (C=O) groups excluding carboxylic acids is 1. The van der Waals surface area contributed by atoms with E-state index >= 15 is 0 Å². The zero-order valence-electron chi connectivity index (χ0n) is 10.3. The van der Waals surface area contributed by atoms with Gasteiger partial charge in [-0.05, 0) is 5.92 Å². The molecule has 0 radical (unpaired) electrons. The minimum absolute atomic E-state index is 0.107. The molecule has 0 N–H and O–H groups in total. The van der Waals surface area contributed by atoms with Crippen LogP contribution in [0.2, 0.25) is 6.04 Å². The van der Waals surface area contributed by atoms with Gasteiger partial charge in [0.15, 0.2) is 0 Å². The Balaban J connectivity index is 4.14. The van der Waals surface area contributed by atoms with Crippen molar-refractivity contribution in [2.45, 2.75) is 13.0 Å². The summed E-state index contributed by atoms with van der Waals surface area (Å²) in [6.45, 7) is 5.56. The van der Waals surface area contributed by atoms with Crippen LogP contribution in [-0.2, 0) is 22.8 Å². The Morgan fingerprint density at radius 2 is 1.81 bits per heavy atom. The second kappa shape index (κ2) is 7.56. The molecule has 0 aliphatic carbocycles. The van der Waals surface area contributed by atoms with E-state index in [0.29, 0.717) is 12.7 Å². The van der Waals surface area contributed by atoms with Gasteiger partial charge in [0.2, 0.25) is 0 Å². The standard InChI is InChI=1S/C10H20O5Si/c1-6-10(11)15-7-9(2)8-16(12-3,13-4)14-5/h6,9H,1,7-8H2,2-5H3. The lowest BCUT2D eigenvalue weighted by Crippen LogP contribution is -2.44. The SMILES string of the molecule is C=CC(=O)OCC(C)C[Si](OC)(OC)OC. The van der Waals surface area contributed by atoms with Gasteiger partial charge in [0.05, 0.1) is 6.61 Å². The molecule has 1 unspecified atom stereocenters. The molecule has 0 rings (SSSR count). The minimum atomic E-state index is -2.58. The minimum Gasteiger partial charge on any atom is -0.462 e. The molecule has 5 nitrogen and oxygen atoms in total. The molecule has 16 heavy (non-hydrogen) atoms. The number of ether oxygens (including phenoxy) is 1. The van der Waals surface area contributed by atoms with Crippen LogP contribution < -0.4 is 0 Å². The van der Waals surface area contributed by atoms with Gasteiger partial charge in [-0.15, -0.1) is 0 Å². The first-order chi connectivity index (χ1) is 7.53. The molecule has 0 aromatic heterocycles. The van der Waals surface area contributed by atoms with Crippen molar-refractivity contribution < 1.29 is 22.8 Å². The van der Waals surface area contributed by atoms with Gasteiger partial charge < -0.3 is 18.0 Å². The van der Waals surface area contributed by atoms with E-state index in [1.165, 1.54) is 0 Å². The summed E-state index contributed by atoms with van der Waals surface area (Å²) in [4.78, 5) is 10.9. The molecule has 0 aliphatic rings. The van der Waals surface area contributed by atoms with Crippen molar-refractivity contribution in [3.63, 3.8) is 0 Å². The zero-order chi connectivity index (χ0) is 12.6. The molecule has 6 heteroatoms. The van der Waals surface area contributed by atoms with Gasteiger partial charge in [-0.3, -0.25) is 0 Å². The van der Waals surface area contributed by atoms with Crippen molar-refractivity contribution in [3.05, 3.63) is 12.7 Å². The fourth-order valence-corrected chi connectivity index (χ4v) is 3.24. The topological polar surface area (TPSA) is 54.0 Å². The van der Waals surface area contributed by atoms with Crippen LogP contribution in [0.4, 0.5) is 0 Å². The van der Waals surface area contributed by atoms with Crippen LogP contribution in [0, 0.1) is 5.92 Å². The van der Waals surface area contributed by atoms with Gasteiger partial charge in [0, 0.05) is 33.4 Å². The van der Waals surface area contributed by atoms with Gasteiger partial charge in [-0.1, -0.05) is 13.5 Å². The normalized spacial score (nSPS) is 13.2. The average molecular weight is 248 g/mol. The third-order valence-electron chi connectivity index (χ3n) is 2.21. The molecule has 0 bridgehead atoms. The summed E-state index contributed by atoms with van der Waals surface area (Å²) in [5.74, 6) is -0.318. The first-order valence-corrected chi connectivity index (χ1v) is 6.91. The van der Waals surface area contributed by atoms with Crippen LogP contribution in [0.3, 0.4) is 0 Å². The van der Waals surface area contributed by atoms with Gasteiger partial charge >= 0.3 is 14.8 Å². The van der Waals surface area contributed by atoms with Crippen molar-refractivity contribution in [1.29, 1.82) is 0 Å². The number of rotatable bonds is 8. The van der Waals surface area contributed by atoms with E-state index in [-0.39, 0.29) is 5.92 Å². The maximum atomic E-state index is 10.9. The monoisotopic (exact) mass is 248 g/mol. The number of hydrogen-bond acceptors (Lipinski definition) is 5. The smallest absolute Gasteiger partial charge is 0.462 e. The Hall–Kier alpha value is -0.693. The highest BCUT2D eigenvalue weighted by Crippen LogP contribution is 2.19. The summed E-state index contributed by atoms with van der Waals surface area (Å²) in [6, 6.07) is 0.598. The third kappa shape index (κ3) is 4.89. The first kappa shape index (κ1) is 15.3. The van der Waals surface area contributed by atoms with Crippen LogP contribution in [0.1, 0.15) is 6.92 Å². The second-order valence-corrected chi connectivity index (χ2v) is 6.44. The fourth-order valence-electron chi connectivity index (χ4n) is 1.27. The lowest BCUT2D eigenvalue weighted by atomic mass is 10.2. The van der Waals surface area contributed by atoms with Crippen molar-refractivity contribution >= 4 is 14.8 Å². The van der Waals surface area contributed by atoms with E-state index < -0.39 is 14.8 Å². The molecular formula is C10H20O5Si. The number of carbonyl (C=O) groups is 1. The van der Waals surface area contributed by atoms with E-state index in [2.05, 4.69) is 6.58 Å². The quantitative estimate of drug-likeness (QED) is 0.367. The van der Waals surface area contributed by atoms with Crippen LogP contribution in [0.15, 0.2) is 12.7 Å². The Kier molecular flexibility index (Phi) is 7.23. The highest BCUT2D eigenvalue weighted by molar-refractivity contribution is 6.60. The summed E-state index contributed by atoms with van der Waals surface area (Å²) in [5.41, 5.74) is 0. The Morgan fingerprint density at radius 3 is 2.19 bits per heavy atom. The van der Waals surface area contributed by atoms with Crippen molar-refractivity contribution in [3.8, 4) is 0 Å². The molecule has 0 saturated heterocycles. The molecule has 0 spiro atoms. The highest BCUT2D eigenvalue weighted by atomic mass is 28.4. The number of esters is 1. The van der Waals surface area contributed by atoms with Gasteiger partial charge in [-0.25, -0.2) is 4.79 Å². The van der Waals surface area contributed by atoms with E-state index in [9.17, 15) is 4.79 Å². The molecule has 1 atom stereocenters. The average Bonchev–Trinajstić information content (AvgIpc) is 2.33. The molecule has 0 aromatic carbocycles. The summed E-state index contributed by atoms with van der Waals surface area (Å²) in [5, 5.41) is 0. The molecule has 0 aromatic rings. The van der Waals surface area contributed by atoms with Crippen molar-refractivity contribution in [1.82, 2.24) is 0 Å². The van der Waals surface area contributed by atoms with Gasteiger partial charge in [0.25, 0.3) is 0 Å². The first-order valence-electron chi connectivity index (χ1n) is 4.98. The summed E-state index contributed by atoms with van der Waals surface area (Å²) >= 11 is 0. The summed E-state index contributed by atoms with van der Waals surface area (Å²) < 4.78 is 20.8. The predicted molar refractivity (Wildman–Crippen MR) is 61.9 cm³/mol. The molecular weight excluding hydrogens is 228 g/mol. The largest absolute Gasteiger partial charge is 0.500 e. The summed E-state index contributed by atoms with van der Waals surface area (Å²) in [6.07, 6.45) is 1.14. The lowest BCUT2D eigenvalue weighted by Gasteiger charge is -2.26. The molecule has 0 amide bonds. The van der Waals surface area contributed by atoms with E-state index in [4.69, 9.17) is 18.0 Å². The Morgan fingerprint density at radius 1 is 1.31 bits per heavy atom. The second-order valence-electron chi connectivity index (χ2n) is 3.44. The lowest BCUT2D eigenvalue weighted by molar-refractivity contribution is -0.138. The predicted octanol–water partition coefficient (Wildman–Crippen LogP) is 1.23. The van der Waals surface area contributed by atoms with Crippen molar-refractivity contribution in [2.24, 2.45) is 5.92 Å². The third-order valence-corrected chi connectivity index (χ3v) is 5.27. The molecule has 0 saturated carbocycles. The van der Waals surface area contributed by atoms with Crippen LogP contribution in [0.25, 0.3) is 0 Å². The summed E-state index contributed by atoms with van der Waals surface area (Å²) in [7, 11) is 2.09. The Labute approximate surface area is 97.7 Å². The van der Waals surface area contributed by atoms with Crippen LogP contribution in [0.5, 0.6) is 0 Å². The molecule has 94 valence electrons. The van der Waals surface area contributed by atoms with E-state index in [1.54, 1.807) is 21.3 Å². The zero-order valence-corrected chi connectivity index (χ0v) is 11.3. The molecule has 0 aliphatic heterocycles. The van der Waals surface area contributed by atoms with Gasteiger partial charge in [-0.2, -0.15) is 0 Å². The van der Waals surface area contributed by atoms with Crippen molar-refractivity contribution in [2.75, 3.05) is 27.9 Å². The van der Waals surface area contributed by atoms with E-state index in [0.717, 1.165) is 6.08 Å². The maximum absolute atomic E-state index is 10.9. The van der Waals surface area contributed by atoms with Crippen LogP contribution in [-0.4, -0.2) is 42.7 Å². The molecule has 0 fully saturated rings. The maximum Gasteiger partial charge on any atom is 0.500 e. The highest BCUT2D eigenvalue weighted by Gasteiger charge is 2.39. The van der Waals surface area contributed by atoms with E-state index in [1.807, 2.05) is 6.92 Å². The fraction of sp³-hybridized carbons (Fsp3) is 0.700.